The van der Waals surface area contributed by atoms with Crippen LogP contribution in [0.5, 0.6) is 0 Å². The summed E-state index contributed by atoms with van der Waals surface area (Å²) in [6.45, 7) is 2.62. The molecule has 6 nitrogen and oxygen atoms in total. The van der Waals surface area contributed by atoms with Gasteiger partial charge in [-0.2, -0.15) is 5.26 Å². The van der Waals surface area contributed by atoms with Crippen molar-refractivity contribution in [3.63, 3.8) is 0 Å². The zero-order chi connectivity index (χ0) is 14.4. The van der Waals surface area contributed by atoms with Gasteiger partial charge in [0.15, 0.2) is 11.5 Å². The van der Waals surface area contributed by atoms with Crippen LogP contribution in [0.1, 0.15) is 38.3 Å². The lowest BCUT2D eigenvalue weighted by Crippen LogP contribution is -2.37. The number of carbonyl (C=O) groups excluding carboxylic acids is 1. The molecule has 1 saturated carbocycles. The molecule has 0 unspecified atom stereocenters. The van der Waals surface area contributed by atoms with E-state index in [4.69, 9.17) is 10.00 Å². The average molecular weight is 274 g/mol. The van der Waals surface area contributed by atoms with Gasteiger partial charge in [-0.05, 0) is 19.8 Å². The predicted octanol–water partition coefficient (Wildman–Crippen LogP) is 1.88. The molecular weight excluding hydrogens is 256 g/mol. The fraction of sp³-hybridized carbons (Fsp3) is 0.571. The summed E-state index contributed by atoms with van der Waals surface area (Å²) in [6.07, 6.45) is 6.65. The minimum atomic E-state index is -0.500. The van der Waals surface area contributed by atoms with E-state index in [0.29, 0.717) is 19.0 Å². The Kier molecular flexibility index (Phi) is 4.51. The molecule has 106 valence electrons. The van der Waals surface area contributed by atoms with E-state index in [1.807, 2.05) is 13.0 Å². The van der Waals surface area contributed by atoms with E-state index in [1.165, 1.54) is 12.4 Å². The maximum Gasteiger partial charge on any atom is 0.313 e. The highest BCUT2D eigenvalue weighted by molar-refractivity contribution is 5.78. The first kappa shape index (κ1) is 14.3. The molecule has 0 aromatic carbocycles. The lowest BCUT2D eigenvalue weighted by molar-refractivity contribution is -0.154. The third-order valence-corrected chi connectivity index (χ3v) is 3.67. The molecule has 0 aliphatic heterocycles. The first-order valence-electron chi connectivity index (χ1n) is 6.84. The molecule has 0 spiro atoms. The van der Waals surface area contributed by atoms with Gasteiger partial charge in [0.2, 0.25) is 0 Å². The quantitative estimate of drug-likeness (QED) is 0.825. The van der Waals surface area contributed by atoms with Gasteiger partial charge in [-0.3, -0.25) is 4.79 Å². The topological polar surface area (TPSA) is 87.9 Å². The highest BCUT2D eigenvalue weighted by Gasteiger charge is 2.42. The lowest BCUT2D eigenvalue weighted by atomic mass is 9.86. The number of hydrogen-bond acceptors (Lipinski definition) is 6. The van der Waals surface area contributed by atoms with Crippen molar-refractivity contribution >= 4 is 11.8 Å². The third kappa shape index (κ3) is 2.87. The summed E-state index contributed by atoms with van der Waals surface area (Å²) >= 11 is 0. The second-order valence-corrected chi connectivity index (χ2v) is 4.93. The molecule has 0 amide bonds. The molecular formula is C14H18N4O2. The Morgan fingerprint density at radius 2 is 2.15 bits per heavy atom. The Labute approximate surface area is 118 Å². The number of rotatable bonds is 5. The standard InChI is InChI=1S/C14H18N4O2/c1-2-20-13(19)14(5-3-4-6-14)10-18-12-11(9-15)16-7-8-17-12/h7-8H,2-6,10H2,1H3,(H,17,18). The third-order valence-electron chi connectivity index (χ3n) is 3.67. The molecule has 1 aliphatic rings. The summed E-state index contributed by atoms with van der Waals surface area (Å²) < 4.78 is 5.19. The number of ether oxygens (including phenoxy) is 1. The number of carbonyl (C=O) groups is 1. The van der Waals surface area contributed by atoms with Gasteiger partial charge in [0.1, 0.15) is 6.07 Å². The van der Waals surface area contributed by atoms with Crippen LogP contribution in [0.25, 0.3) is 0 Å². The van der Waals surface area contributed by atoms with Gasteiger partial charge in [-0.25, -0.2) is 9.97 Å². The van der Waals surface area contributed by atoms with Crippen LogP contribution in [0.2, 0.25) is 0 Å². The second-order valence-electron chi connectivity index (χ2n) is 4.93. The summed E-state index contributed by atoms with van der Waals surface area (Å²) in [6, 6.07) is 1.99. The fourth-order valence-corrected chi connectivity index (χ4v) is 2.59. The zero-order valence-corrected chi connectivity index (χ0v) is 11.6. The Morgan fingerprint density at radius 3 is 2.80 bits per heavy atom. The smallest absolute Gasteiger partial charge is 0.313 e. The van der Waals surface area contributed by atoms with Crippen LogP contribution in [0, 0.1) is 16.7 Å². The molecule has 0 radical (unpaired) electrons. The fourth-order valence-electron chi connectivity index (χ4n) is 2.59. The highest BCUT2D eigenvalue weighted by Crippen LogP contribution is 2.39. The van der Waals surface area contributed by atoms with Crippen molar-refractivity contribution in [1.82, 2.24) is 9.97 Å². The Morgan fingerprint density at radius 1 is 1.45 bits per heavy atom. The van der Waals surface area contributed by atoms with Gasteiger partial charge < -0.3 is 10.1 Å². The van der Waals surface area contributed by atoms with E-state index in [0.717, 1.165) is 25.7 Å². The van der Waals surface area contributed by atoms with Crippen molar-refractivity contribution in [1.29, 1.82) is 5.26 Å². The van der Waals surface area contributed by atoms with Crippen molar-refractivity contribution in [2.24, 2.45) is 5.41 Å². The predicted molar refractivity (Wildman–Crippen MR) is 72.8 cm³/mol. The molecule has 0 atom stereocenters. The van der Waals surface area contributed by atoms with Crippen LogP contribution >= 0.6 is 0 Å². The van der Waals surface area contributed by atoms with E-state index in [-0.39, 0.29) is 11.7 Å². The lowest BCUT2D eigenvalue weighted by Gasteiger charge is -2.26. The number of esters is 1. The average Bonchev–Trinajstić information content (AvgIpc) is 2.96. The molecule has 2 rings (SSSR count). The van der Waals surface area contributed by atoms with Gasteiger partial charge in [0, 0.05) is 18.9 Å². The number of hydrogen-bond donors (Lipinski definition) is 1. The van der Waals surface area contributed by atoms with Gasteiger partial charge in [-0.15, -0.1) is 0 Å². The summed E-state index contributed by atoms with van der Waals surface area (Å²) in [7, 11) is 0. The molecule has 1 fully saturated rings. The summed E-state index contributed by atoms with van der Waals surface area (Å²) in [5.74, 6) is 0.262. The van der Waals surface area contributed by atoms with Crippen molar-refractivity contribution < 1.29 is 9.53 Å². The zero-order valence-electron chi connectivity index (χ0n) is 11.6. The van der Waals surface area contributed by atoms with Crippen molar-refractivity contribution in [2.75, 3.05) is 18.5 Å². The number of aromatic nitrogens is 2. The van der Waals surface area contributed by atoms with Crippen molar-refractivity contribution in [2.45, 2.75) is 32.6 Å². The molecule has 6 heteroatoms. The monoisotopic (exact) mass is 274 g/mol. The van der Waals surface area contributed by atoms with Crippen LogP contribution in [-0.4, -0.2) is 29.1 Å². The number of nitrogens with one attached hydrogen (secondary N) is 1. The van der Waals surface area contributed by atoms with Gasteiger partial charge in [0.25, 0.3) is 0 Å². The summed E-state index contributed by atoms with van der Waals surface area (Å²) in [5, 5.41) is 12.1. The molecule has 1 aliphatic carbocycles. The van der Waals surface area contributed by atoms with Crippen molar-refractivity contribution in [3.8, 4) is 6.07 Å². The van der Waals surface area contributed by atoms with Crippen molar-refractivity contribution in [3.05, 3.63) is 18.1 Å². The maximum absolute atomic E-state index is 12.2. The van der Waals surface area contributed by atoms with Crippen LogP contribution in [0.4, 0.5) is 5.82 Å². The molecule has 0 saturated heterocycles. The largest absolute Gasteiger partial charge is 0.466 e. The van der Waals surface area contributed by atoms with E-state index < -0.39 is 5.41 Å². The first-order valence-corrected chi connectivity index (χ1v) is 6.84. The minimum absolute atomic E-state index is 0.160. The Hall–Kier alpha value is -2.16. The molecule has 1 aromatic rings. The Bertz CT molecular complexity index is 518. The molecule has 0 bridgehead atoms. The van der Waals surface area contributed by atoms with Crippen LogP contribution < -0.4 is 5.32 Å². The summed E-state index contributed by atoms with van der Waals surface area (Å²) in [4.78, 5) is 20.2. The maximum atomic E-state index is 12.2. The van der Waals surface area contributed by atoms with E-state index in [1.54, 1.807) is 0 Å². The summed E-state index contributed by atoms with van der Waals surface area (Å²) in [5.41, 5.74) is -0.259. The molecule has 1 heterocycles. The number of nitrogens with zero attached hydrogens (tertiary/aromatic N) is 3. The van der Waals surface area contributed by atoms with E-state index >= 15 is 0 Å². The van der Waals surface area contributed by atoms with Gasteiger partial charge in [0.05, 0.1) is 12.0 Å². The first-order chi connectivity index (χ1) is 9.72. The highest BCUT2D eigenvalue weighted by atomic mass is 16.5. The van der Waals surface area contributed by atoms with Gasteiger partial charge >= 0.3 is 5.97 Å². The number of anilines is 1. The van der Waals surface area contributed by atoms with E-state index in [9.17, 15) is 4.79 Å². The SMILES string of the molecule is CCOC(=O)C1(CNc2nccnc2C#N)CCCC1. The molecule has 1 aromatic heterocycles. The Balaban J connectivity index is 2.10. The molecule has 20 heavy (non-hydrogen) atoms. The number of nitriles is 1. The second kappa shape index (κ2) is 6.33. The van der Waals surface area contributed by atoms with Crippen LogP contribution in [-0.2, 0) is 9.53 Å². The van der Waals surface area contributed by atoms with Gasteiger partial charge in [-0.1, -0.05) is 12.8 Å². The minimum Gasteiger partial charge on any atom is -0.466 e. The van der Waals surface area contributed by atoms with E-state index in [2.05, 4.69) is 15.3 Å². The van der Waals surface area contributed by atoms with Crippen LogP contribution in [0.15, 0.2) is 12.4 Å². The van der Waals surface area contributed by atoms with Crippen LogP contribution in [0.3, 0.4) is 0 Å². The molecule has 1 N–H and O–H groups in total. The normalized spacial score (nSPS) is 16.4.